The number of rotatable bonds is 6. The lowest BCUT2D eigenvalue weighted by molar-refractivity contribution is -0.118. The molecule has 1 heterocycles. The fourth-order valence-corrected chi connectivity index (χ4v) is 3.87. The summed E-state index contributed by atoms with van der Waals surface area (Å²) in [6.07, 6.45) is 0. The van der Waals surface area contributed by atoms with Crippen molar-refractivity contribution in [1.29, 1.82) is 0 Å². The molecule has 4 aromatic rings. The zero-order valence-corrected chi connectivity index (χ0v) is 17.8. The minimum atomic E-state index is -0.206. The van der Waals surface area contributed by atoms with Crippen LogP contribution < -0.4 is 10.1 Å². The highest BCUT2D eigenvalue weighted by Gasteiger charge is 2.08. The Morgan fingerprint density at radius 3 is 2.50 bits per heavy atom. The average Bonchev–Trinajstić information content (AvgIpc) is 3.24. The quantitative estimate of drug-likeness (QED) is 0.379. The highest BCUT2D eigenvalue weighted by atomic mass is 35.5. The number of ether oxygens (including phenoxy) is 1. The SMILES string of the molecule is Cc1cccc(OCC(=O)Nc2ccc(-c3csc(-c4ccc(Cl)cc4)n3)cc2)c1. The van der Waals surface area contributed by atoms with Crippen LogP contribution in [0.3, 0.4) is 0 Å². The van der Waals surface area contributed by atoms with Crippen LogP contribution in [0.4, 0.5) is 5.69 Å². The molecule has 4 rings (SSSR count). The third-order valence-corrected chi connectivity index (χ3v) is 5.56. The number of aryl methyl sites for hydroxylation is 1. The first-order chi connectivity index (χ1) is 14.6. The van der Waals surface area contributed by atoms with E-state index in [9.17, 15) is 4.79 Å². The second-order valence-electron chi connectivity index (χ2n) is 6.78. The van der Waals surface area contributed by atoms with Crippen molar-refractivity contribution in [2.75, 3.05) is 11.9 Å². The van der Waals surface area contributed by atoms with Crippen molar-refractivity contribution in [3.8, 4) is 27.6 Å². The first-order valence-electron chi connectivity index (χ1n) is 9.38. The topological polar surface area (TPSA) is 51.2 Å². The Kier molecular flexibility index (Phi) is 6.12. The molecule has 0 radical (unpaired) electrons. The predicted octanol–water partition coefficient (Wildman–Crippen LogP) is 6.46. The van der Waals surface area contributed by atoms with Gasteiger partial charge in [0.25, 0.3) is 5.91 Å². The molecule has 0 bridgehead atoms. The lowest BCUT2D eigenvalue weighted by Crippen LogP contribution is -2.20. The maximum Gasteiger partial charge on any atom is 0.262 e. The zero-order chi connectivity index (χ0) is 20.9. The van der Waals surface area contributed by atoms with Gasteiger partial charge in [-0.1, -0.05) is 48.0 Å². The highest BCUT2D eigenvalue weighted by molar-refractivity contribution is 7.13. The smallest absolute Gasteiger partial charge is 0.262 e. The molecule has 6 heteroatoms. The first kappa shape index (κ1) is 20.1. The number of halogens is 1. The Hall–Kier alpha value is -3.15. The number of benzene rings is 3. The van der Waals surface area contributed by atoms with Gasteiger partial charge in [0.05, 0.1) is 5.69 Å². The van der Waals surface area contributed by atoms with Crippen LogP contribution in [0.1, 0.15) is 5.56 Å². The molecule has 0 aliphatic rings. The van der Waals surface area contributed by atoms with Gasteiger partial charge < -0.3 is 10.1 Å². The van der Waals surface area contributed by atoms with E-state index >= 15 is 0 Å². The summed E-state index contributed by atoms with van der Waals surface area (Å²) in [6.45, 7) is 1.94. The molecular formula is C24H19ClN2O2S. The van der Waals surface area contributed by atoms with Crippen molar-refractivity contribution < 1.29 is 9.53 Å². The maximum absolute atomic E-state index is 12.2. The number of thiazole rings is 1. The summed E-state index contributed by atoms with van der Waals surface area (Å²) in [7, 11) is 0. The molecule has 1 aromatic heterocycles. The van der Waals surface area contributed by atoms with Crippen LogP contribution in [0.15, 0.2) is 78.2 Å². The van der Waals surface area contributed by atoms with Crippen molar-refractivity contribution in [1.82, 2.24) is 4.98 Å². The van der Waals surface area contributed by atoms with Gasteiger partial charge in [-0.15, -0.1) is 11.3 Å². The van der Waals surface area contributed by atoms with E-state index < -0.39 is 0 Å². The number of nitrogens with zero attached hydrogens (tertiary/aromatic N) is 1. The monoisotopic (exact) mass is 434 g/mol. The number of hydrogen-bond donors (Lipinski definition) is 1. The molecule has 0 spiro atoms. The highest BCUT2D eigenvalue weighted by Crippen LogP contribution is 2.30. The van der Waals surface area contributed by atoms with Gasteiger partial charge in [0, 0.05) is 27.2 Å². The molecule has 0 atom stereocenters. The Morgan fingerprint density at radius 1 is 1.03 bits per heavy atom. The van der Waals surface area contributed by atoms with E-state index in [1.807, 2.05) is 85.1 Å². The van der Waals surface area contributed by atoms with Crippen LogP contribution in [-0.4, -0.2) is 17.5 Å². The summed E-state index contributed by atoms with van der Waals surface area (Å²) in [5.74, 6) is 0.475. The summed E-state index contributed by atoms with van der Waals surface area (Å²) in [6, 6.07) is 22.9. The molecule has 0 aliphatic heterocycles. The van der Waals surface area contributed by atoms with Crippen LogP contribution in [0.5, 0.6) is 5.75 Å². The summed E-state index contributed by atoms with van der Waals surface area (Å²) < 4.78 is 5.54. The number of carbonyl (C=O) groups is 1. The van der Waals surface area contributed by atoms with E-state index in [2.05, 4.69) is 5.32 Å². The second kappa shape index (κ2) is 9.11. The van der Waals surface area contributed by atoms with E-state index in [0.717, 1.165) is 27.4 Å². The Bertz CT molecular complexity index is 1150. The van der Waals surface area contributed by atoms with E-state index in [0.29, 0.717) is 16.5 Å². The Balaban J connectivity index is 1.37. The van der Waals surface area contributed by atoms with Crippen molar-refractivity contribution in [3.63, 3.8) is 0 Å². The normalized spacial score (nSPS) is 10.6. The van der Waals surface area contributed by atoms with Crippen molar-refractivity contribution in [2.45, 2.75) is 6.92 Å². The van der Waals surface area contributed by atoms with Crippen molar-refractivity contribution in [3.05, 3.63) is 88.8 Å². The van der Waals surface area contributed by atoms with E-state index in [4.69, 9.17) is 21.3 Å². The largest absolute Gasteiger partial charge is 0.484 e. The lowest BCUT2D eigenvalue weighted by Gasteiger charge is -2.08. The minimum absolute atomic E-state index is 0.0399. The van der Waals surface area contributed by atoms with Crippen LogP contribution >= 0.6 is 22.9 Å². The molecule has 0 saturated heterocycles. The first-order valence-corrected chi connectivity index (χ1v) is 10.6. The van der Waals surface area contributed by atoms with Crippen LogP contribution in [0, 0.1) is 6.92 Å². The number of amides is 1. The van der Waals surface area contributed by atoms with Crippen molar-refractivity contribution >= 4 is 34.5 Å². The summed E-state index contributed by atoms with van der Waals surface area (Å²) >= 11 is 7.54. The van der Waals surface area contributed by atoms with Gasteiger partial charge >= 0.3 is 0 Å². The molecule has 3 aromatic carbocycles. The van der Waals surface area contributed by atoms with Gasteiger partial charge in [-0.25, -0.2) is 4.98 Å². The van der Waals surface area contributed by atoms with E-state index in [-0.39, 0.29) is 12.5 Å². The third-order valence-electron chi connectivity index (χ3n) is 4.42. The molecule has 150 valence electrons. The second-order valence-corrected chi connectivity index (χ2v) is 8.07. The fraction of sp³-hybridized carbons (Fsp3) is 0.0833. The Morgan fingerprint density at radius 2 is 1.77 bits per heavy atom. The molecular weight excluding hydrogens is 416 g/mol. The number of anilines is 1. The van der Waals surface area contributed by atoms with Crippen LogP contribution in [0.25, 0.3) is 21.8 Å². The van der Waals surface area contributed by atoms with Gasteiger partial charge in [-0.3, -0.25) is 4.79 Å². The number of nitrogens with one attached hydrogen (secondary N) is 1. The molecule has 4 nitrogen and oxygen atoms in total. The summed E-state index contributed by atoms with van der Waals surface area (Å²) in [5, 5.41) is 6.51. The van der Waals surface area contributed by atoms with Gasteiger partial charge in [-0.2, -0.15) is 0 Å². The van der Waals surface area contributed by atoms with Crippen molar-refractivity contribution in [2.24, 2.45) is 0 Å². The molecule has 30 heavy (non-hydrogen) atoms. The Labute approximate surface area is 184 Å². The minimum Gasteiger partial charge on any atom is -0.484 e. The maximum atomic E-state index is 12.2. The lowest BCUT2D eigenvalue weighted by atomic mass is 10.1. The zero-order valence-electron chi connectivity index (χ0n) is 16.3. The standard InChI is InChI=1S/C24H19ClN2O2S/c1-16-3-2-4-21(13-16)29-14-23(28)26-20-11-7-17(8-12-20)22-15-30-24(27-22)18-5-9-19(25)10-6-18/h2-13,15H,14H2,1H3,(H,26,28). The van der Waals surface area contributed by atoms with Crippen LogP contribution in [0.2, 0.25) is 5.02 Å². The molecule has 0 aliphatic carbocycles. The third kappa shape index (κ3) is 5.06. The summed E-state index contributed by atoms with van der Waals surface area (Å²) in [5.41, 5.74) is 4.72. The number of aromatic nitrogens is 1. The molecule has 0 unspecified atom stereocenters. The summed E-state index contributed by atoms with van der Waals surface area (Å²) in [4.78, 5) is 16.9. The van der Waals surface area contributed by atoms with Crippen LogP contribution in [-0.2, 0) is 4.79 Å². The van der Waals surface area contributed by atoms with Gasteiger partial charge in [0.1, 0.15) is 10.8 Å². The molecule has 0 fully saturated rings. The predicted molar refractivity (Wildman–Crippen MR) is 123 cm³/mol. The van der Waals surface area contributed by atoms with Gasteiger partial charge in [0.15, 0.2) is 6.61 Å². The van der Waals surface area contributed by atoms with Gasteiger partial charge in [0.2, 0.25) is 0 Å². The van der Waals surface area contributed by atoms with Gasteiger partial charge in [-0.05, 0) is 48.9 Å². The number of carbonyl (C=O) groups excluding carboxylic acids is 1. The average molecular weight is 435 g/mol. The number of hydrogen-bond acceptors (Lipinski definition) is 4. The molecule has 1 N–H and O–H groups in total. The molecule has 0 saturated carbocycles. The van der Waals surface area contributed by atoms with E-state index in [1.165, 1.54) is 0 Å². The molecule has 1 amide bonds. The fourth-order valence-electron chi connectivity index (χ4n) is 2.91. The van der Waals surface area contributed by atoms with E-state index in [1.54, 1.807) is 11.3 Å².